The van der Waals surface area contributed by atoms with Crippen LogP contribution in [-0.4, -0.2) is 5.11 Å². The van der Waals surface area contributed by atoms with E-state index >= 15 is 0 Å². The molecule has 0 amide bonds. The van der Waals surface area contributed by atoms with Gasteiger partial charge in [0.1, 0.15) is 5.76 Å². The Labute approximate surface area is 80.5 Å². The van der Waals surface area contributed by atoms with E-state index in [2.05, 4.69) is 32.9 Å². The summed E-state index contributed by atoms with van der Waals surface area (Å²) in [6.07, 6.45) is 8.95. The van der Waals surface area contributed by atoms with Crippen molar-refractivity contribution in [2.45, 2.75) is 27.2 Å². The smallest absolute Gasteiger partial charge is 0.115 e. The Morgan fingerprint density at radius 1 is 1.54 bits per heavy atom. The van der Waals surface area contributed by atoms with Crippen LogP contribution in [0.25, 0.3) is 0 Å². The lowest BCUT2D eigenvalue weighted by Crippen LogP contribution is -2.10. The Hall–Kier alpha value is -0.980. The van der Waals surface area contributed by atoms with Crippen LogP contribution in [0.2, 0.25) is 0 Å². The molecule has 1 rings (SSSR count). The van der Waals surface area contributed by atoms with Crippen LogP contribution in [0.5, 0.6) is 0 Å². The van der Waals surface area contributed by atoms with Gasteiger partial charge in [0.05, 0.1) is 0 Å². The normalized spacial score (nSPS) is 25.4. The number of rotatable bonds is 2. The summed E-state index contributed by atoms with van der Waals surface area (Å²) in [4.78, 5) is 0. The molecule has 1 aliphatic carbocycles. The van der Waals surface area contributed by atoms with Gasteiger partial charge in [-0.1, -0.05) is 32.9 Å². The minimum atomic E-state index is 0.372. The summed E-state index contributed by atoms with van der Waals surface area (Å²) in [7, 11) is 0. The Morgan fingerprint density at radius 3 is 2.77 bits per heavy atom. The van der Waals surface area contributed by atoms with E-state index in [1.165, 1.54) is 5.57 Å². The maximum atomic E-state index is 9.34. The lowest BCUT2D eigenvalue weighted by Gasteiger charge is -2.21. The van der Waals surface area contributed by atoms with Gasteiger partial charge in [-0.25, -0.2) is 0 Å². The molecule has 0 bridgehead atoms. The molecule has 0 aromatic rings. The van der Waals surface area contributed by atoms with E-state index in [9.17, 15) is 5.11 Å². The maximum Gasteiger partial charge on any atom is 0.115 e. The molecule has 1 atom stereocenters. The molecule has 1 N–H and O–H groups in total. The van der Waals surface area contributed by atoms with Gasteiger partial charge in [-0.2, -0.15) is 0 Å². The topological polar surface area (TPSA) is 20.2 Å². The van der Waals surface area contributed by atoms with Crippen LogP contribution < -0.4 is 0 Å². The number of hydrogen-bond acceptors (Lipinski definition) is 1. The first kappa shape index (κ1) is 10.1. The maximum absolute atomic E-state index is 9.34. The van der Waals surface area contributed by atoms with Crippen molar-refractivity contribution in [3.8, 4) is 0 Å². The van der Waals surface area contributed by atoms with Crippen molar-refractivity contribution in [1.82, 2.24) is 0 Å². The third-order valence-corrected chi connectivity index (χ3v) is 2.33. The summed E-state index contributed by atoms with van der Waals surface area (Å²) in [5.74, 6) is 1.44. The standard InChI is InChI=1S/C12H18O/c1-4-5-10-8-11(13)6-7-12(10)9(2)3/h5-9,12-13H,4H2,1-3H3/b10-5-. The molecular weight excluding hydrogens is 160 g/mol. The second-order valence-electron chi connectivity index (χ2n) is 3.81. The van der Waals surface area contributed by atoms with Crippen LogP contribution in [0.1, 0.15) is 27.2 Å². The molecule has 0 aromatic carbocycles. The molecule has 72 valence electrons. The zero-order valence-corrected chi connectivity index (χ0v) is 8.62. The fourth-order valence-electron chi connectivity index (χ4n) is 1.67. The third kappa shape index (κ3) is 2.48. The SMILES string of the molecule is CC/C=C1/C=C(O)C=CC1C(C)C. The molecule has 0 fully saturated rings. The predicted molar refractivity (Wildman–Crippen MR) is 56.6 cm³/mol. The highest BCUT2D eigenvalue weighted by Crippen LogP contribution is 2.28. The van der Waals surface area contributed by atoms with Gasteiger partial charge in [0, 0.05) is 5.92 Å². The van der Waals surface area contributed by atoms with Crippen LogP contribution in [0.4, 0.5) is 0 Å². The first-order valence-electron chi connectivity index (χ1n) is 4.94. The van der Waals surface area contributed by atoms with E-state index in [-0.39, 0.29) is 0 Å². The summed E-state index contributed by atoms with van der Waals surface area (Å²) >= 11 is 0. The van der Waals surface area contributed by atoms with Gasteiger partial charge in [-0.3, -0.25) is 0 Å². The van der Waals surface area contributed by atoms with Crippen molar-refractivity contribution in [2.24, 2.45) is 11.8 Å². The molecule has 1 heteroatoms. The lowest BCUT2D eigenvalue weighted by atomic mass is 9.84. The van der Waals surface area contributed by atoms with Crippen molar-refractivity contribution in [1.29, 1.82) is 0 Å². The van der Waals surface area contributed by atoms with E-state index in [1.54, 1.807) is 6.08 Å². The monoisotopic (exact) mass is 178 g/mol. The Balaban J connectivity index is 2.88. The van der Waals surface area contributed by atoms with Gasteiger partial charge >= 0.3 is 0 Å². The largest absolute Gasteiger partial charge is 0.508 e. The molecule has 0 aromatic heterocycles. The van der Waals surface area contributed by atoms with E-state index in [4.69, 9.17) is 0 Å². The Bertz CT molecular complexity index is 256. The van der Waals surface area contributed by atoms with E-state index in [1.807, 2.05) is 6.08 Å². The van der Waals surface area contributed by atoms with Gasteiger partial charge in [-0.15, -0.1) is 0 Å². The average Bonchev–Trinajstić information content (AvgIpc) is 2.04. The second kappa shape index (κ2) is 4.31. The van der Waals surface area contributed by atoms with Crippen LogP contribution in [0.3, 0.4) is 0 Å². The minimum Gasteiger partial charge on any atom is -0.508 e. The van der Waals surface area contributed by atoms with E-state index < -0.39 is 0 Å². The van der Waals surface area contributed by atoms with Gasteiger partial charge in [0.25, 0.3) is 0 Å². The summed E-state index contributed by atoms with van der Waals surface area (Å²) in [6.45, 7) is 6.52. The zero-order valence-electron chi connectivity index (χ0n) is 8.62. The molecule has 13 heavy (non-hydrogen) atoms. The lowest BCUT2D eigenvalue weighted by molar-refractivity contribution is 0.422. The minimum absolute atomic E-state index is 0.372. The molecule has 1 unspecified atom stereocenters. The zero-order chi connectivity index (χ0) is 9.84. The van der Waals surface area contributed by atoms with Crippen molar-refractivity contribution in [3.05, 3.63) is 35.6 Å². The van der Waals surface area contributed by atoms with Crippen molar-refractivity contribution >= 4 is 0 Å². The summed E-state index contributed by atoms with van der Waals surface area (Å²) in [5, 5.41) is 9.34. The summed E-state index contributed by atoms with van der Waals surface area (Å²) in [6, 6.07) is 0. The highest BCUT2D eigenvalue weighted by Gasteiger charge is 2.16. The molecular formula is C12H18O. The highest BCUT2D eigenvalue weighted by atomic mass is 16.3. The molecule has 0 spiro atoms. The second-order valence-corrected chi connectivity index (χ2v) is 3.81. The number of hydrogen-bond donors (Lipinski definition) is 1. The molecule has 0 heterocycles. The fraction of sp³-hybridized carbons (Fsp3) is 0.500. The Kier molecular flexibility index (Phi) is 3.35. The summed E-state index contributed by atoms with van der Waals surface area (Å²) in [5.41, 5.74) is 1.25. The van der Waals surface area contributed by atoms with Crippen molar-refractivity contribution < 1.29 is 5.11 Å². The average molecular weight is 178 g/mol. The highest BCUT2D eigenvalue weighted by molar-refractivity contribution is 5.36. The van der Waals surface area contributed by atoms with Crippen LogP contribution in [-0.2, 0) is 0 Å². The number of allylic oxidation sites excluding steroid dienone is 5. The first-order valence-corrected chi connectivity index (χ1v) is 4.94. The third-order valence-electron chi connectivity index (χ3n) is 2.33. The molecule has 1 nitrogen and oxygen atoms in total. The molecule has 0 saturated carbocycles. The first-order chi connectivity index (χ1) is 6.15. The van der Waals surface area contributed by atoms with Gasteiger partial charge in [-0.05, 0) is 30.1 Å². The van der Waals surface area contributed by atoms with E-state index in [0.29, 0.717) is 17.6 Å². The fourth-order valence-corrected chi connectivity index (χ4v) is 1.67. The molecule has 0 radical (unpaired) electrons. The van der Waals surface area contributed by atoms with Gasteiger partial charge in [0.15, 0.2) is 0 Å². The summed E-state index contributed by atoms with van der Waals surface area (Å²) < 4.78 is 0. The Morgan fingerprint density at radius 2 is 2.23 bits per heavy atom. The molecule has 1 aliphatic rings. The van der Waals surface area contributed by atoms with E-state index in [0.717, 1.165) is 6.42 Å². The van der Waals surface area contributed by atoms with Crippen molar-refractivity contribution in [3.63, 3.8) is 0 Å². The van der Waals surface area contributed by atoms with Gasteiger partial charge in [0.2, 0.25) is 0 Å². The molecule has 0 aliphatic heterocycles. The number of aliphatic hydroxyl groups is 1. The number of aliphatic hydroxyl groups excluding tert-OH is 1. The van der Waals surface area contributed by atoms with Crippen LogP contribution in [0, 0.1) is 11.8 Å². The molecule has 0 saturated heterocycles. The van der Waals surface area contributed by atoms with Crippen LogP contribution in [0.15, 0.2) is 35.6 Å². The quantitative estimate of drug-likeness (QED) is 0.685. The van der Waals surface area contributed by atoms with Gasteiger partial charge < -0.3 is 5.11 Å². The van der Waals surface area contributed by atoms with Crippen LogP contribution >= 0.6 is 0 Å². The van der Waals surface area contributed by atoms with Crippen molar-refractivity contribution in [2.75, 3.05) is 0 Å². The predicted octanol–water partition coefficient (Wildman–Crippen LogP) is 3.61.